The third-order valence-corrected chi connectivity index (χ3v) is 6.05. The highest BCUT2D eigenvalue weighted by atomic mass is 32.2. The second-order valence-electron chi connectivity index (χ2n) is 6.35. The summed E-state index contributed by atoms with van der Waals surface area (Å²) in [6.07, 6.45) is 3.42. The van der Waals surface area contributed by atoms with Crippen LogP contribution in [0.3, 0.4) is 0 Å². The maximum atomic E-state index is 12.9. The van der Waals surface area contributed by atoms with Gasteiger partial charge in [0.05, 0.1) is 6.20 Å². The highest BCUT2D eigenvalue weighted by Gasteiger charge is 2.35. The lowest BCUT2D eigenvalue weighted by atomic mass is 9.95. The lowest BCUT2D eigenvalue weighted by Crippen LogP contribution is -2.44. The largest absolute Gasteiger partial charge is 0.310 e. The van der Waals surface area contributed by atoms with Gasteiger partial charge in [-0.25, -0.2) is 8.42 Å². The summed E-state index contributed by atoms with van der Waals surface area (Å²) in [4.78, 5) is 0. The maximum absolute atomic E-state index is 12.9. The Morgan fingerprint density at radius 2 is 2.19 bits per heavy atom. The van der Waals surface area contributed by atoms with Crippen LogP contribution < -0.4 is 5.32 Å². The summed E-state index contributed by atoms with van der Waals surface area (Å²) >= 11 is 0. The van der Waals surface area contributed by atoms with Crippen LogP contribution in [0.15, 0.2) is 11.2 Å². The monoisotopic (exact) mass is 314 g/mol. The molecular formula is C14H26N4O2S. The van der Waals surface area contributed by atoms with Gasteiger partial charge in [-0.05, 0) is 25.7 Å². The Kier molecular flexibility index (Phi) is 5.06. The summed E-state index contributed by atoms with van der Waals surface area (Å²) in [6, 6.07) is 0.332. The first-order valence-electron chi connectivity index (χ1n) is 7.59. The van der Waals surface area contributed by atoms with Crippen LogP contribution in [0.1, 0.15) is 46.1 Å². The van der Waals surface area contributed by atoms with Gasteiger partial charge in [-0.3, -0.25) is 5.10 Å². The molecule has 2 atom stereocenters. The van der Waals surface area contributed by atoms with E-state index in [4.69, 9.17) is 0 Å². The van der Waals surface area contributed by atoms with Crippen LogP contribution in [-0.4, -0.2) is 41.5 Å². The fourth-order valence-electron chi connectivity index (χ4n) is 2.82. The number of nitrogens with zero attached hydrogens (tertiary/aromatic N) is 2. The van der Waals surface area contributed by atoms with Crippen LogP contribution >= 0.6 is 0 Å². The average molecular weight is 314 g/mol. The van der Waals surface area contributed by atoms with Gasteiger partial charge in [0.2, 0.25) is 0 Å². The molecule has 1 aromatic heterocycles. The summed E-state index contributed by atoms with van der Waals surface area (Å²) in [7, 11) is -3.49. The van der Waals surface area contributed by atoms with Gasteiger partial charge in [-0.2, -0.15) is 9.40 Å². The molecule has 0 saturated carbocycles. The van der Waals surface area contributed by atoms with Crippen molar-refractivity contribution >= 4 is 10.0 Å². The molecule has 1 aliphatic rings. The van der Waals surface area contributed by atoms with Gasteiger partial charge in [0.25, 0.3) is 10.0 Å². The lowest BCUT2D eigenvalue weighted by Gasteiger charge is -2.35. The molecule has 2 rings (SSSR count). The lowest BCUT2D eigenvalue weighted by molar-refractivity contribution is 0.219. The summed E-state index contributed by atoms with van der Waals surface area (Å²) < 4.78 is 27.3. The first kappa shape index (κ1) is 16.5. The minimum absolute atomic E-state index is 0.0351. The predicted octanol–water partition coefficient (Wildman–Crippen LogP) is 1.72. The number of sulfonamides is 1. The van der Waals surface area contributed by atoms with Crippen molar-refractivity contribution in [2.75, 3.05) is 6.54 Å². The zero-order chi connectivity index (χ0) is 15.6. The Labute approximate surface area is 127 Å². The molecule has 0 aromatic carbocycles. The topological polar surface area (TPSA) is 78.1 Å². The van der Waals surface area contributed by atoms with Crippen molar-refractivity contribution in [3.05, 3.63) is 11.8 Å². The molecule has 6 nitrogen and oxygen atoms in total. The number of piperidine rings is 1. The van der Waals surface area contributed by atoms with Crippen LogP contribution in [0.25, 0.3) is 0 Å². The molecule has 2 heterocycles. The van der Waals surface area contributed by atoms with Gasteiger partial charge < -0.3 is 5.32 Å². The normalized spacial score (nSPS) is 24.6. The number of H-pyrrole nitrogens is 1. The van der Waals surface area contributed by atoms with E-state index in [0.717, 1.165) is 12.8 Å². The smallest absolute Gasteiger partial charge is 0.260 e. The van der Waals surface area contributed by atoms with Crippen molar-refractivity contribution < 1.29 is 8.42 Å². The minimum atomic E-state index is -3.49. The predicted molar refractivity (Wildman–Crippen MR) is 82.3 cm³/mol. The molecule has 2 unspecified atom stereocenters. The van der Waals surface area contributed by atoms with Crippen molar-refractivity contribution in [2.45, 2.75) is 64.2 Å². The summed E-state index contributed by atoms with van der Waals surface area (Å²) in [5, 5.41) is 10.1. The Hall–Kier alpha value is -0.920. The number of rotatable bonds is 5. The first-order chi connectivity index (χ1) is 9.82. The van der Waals surface area contributed by atoms with Crippen LogP contribution in [0, 0.1) is 5.92 Å². The summed E-state index contributed by atoms with van der Waals surface area (Å²) in [6.45, 7) is 9.30. The van der Waals surface area contributed by atoms with E-state index in [-0.39, 0.29) is 11.1 Å². The summed E-state index contributed by atoms with van der Waals surface area (Å²) in [5.41, 5.74) is 0.703. The Morgan fingerprint density at radius 1 is 1.48 bits per heavy atom. The molecule has 1 saturated heterocycles. The SMILES string of the molecule is CC1CCN(S(=O)(=O)c2[nH]ncc2CNC(C)C)C(C)C1. The van der Waals surface area contributed by atoms with E-state index in [1.807, 2.05) is 20.8 Å². The van der Waals surface area contributed by atoms with E-state index in [0.29, 0.717) is 30.6 Å². The van der Waals surface area contributed by atoms with Gasteiger partial charge in [0.15, 0.2) is 5.03 Å². The van der Waals surface area contributed by atoms with Crippen molar-refractivity contribution in [1.82, 2.24) is 19.8 Å². The highest BCUT2D eigenvalue weighted by Crippen LogP contribution is 2.28. The standard InChI is InChI=1S/C14H26N4O2S/c1-10(2)15-8-13-9-16-17-14(13)21(19,20)18-6-5-11(3)7-12(18)4/h9-12,15H,5-8H2,1-4H3,(H,16,17). The van der Waals surface area contributed by atoms with Gasteiger partial charge in [0, 0.05) is 30.7 Å². The molecule has 0 bridgehead atoms. The van der Waals surface area contributed by atoms with Gasteiger partial charge in [-0.1, -0.05) is 20.8 Å². The number of hydrogen-bond acceptors (Lipinski definition) is 4. The minimum Gasteiger partial charge on any atom is -0.310 e. The third-order valence-electron chi connectivity index (χ3n) is 4.02. The molecule has 0 amide bonds. The van der Waals surface area contributed by atoms with Gasteiger partial charge in [0.1, 0.15) is 0 Å². The Bertz CT molecular complexity index is 567. The number of aromatic nitrogens is 2. The molecule has 120 valence electrons. The summed E-state index contributed by atoms with van der Waals surface area (Å²) in [5.74, 6) is 0.579. The number of hydrogen-bond donors (Lipinski definition) is 2. The van der Waals surface area contributed by atoms with E-state index in [9.17, 15) is 8.42 Å². The molecule has 1 fully saturated rings. The maximum Gasteiger partial charge on any atom is 0.260 e. The zero-order valence-electron chi connectivity index (χ0n) is 13.3. The van der Waals surface area contributed by atoms with E-state index in [2.05, 4.69) is 22.4 Å². The van der Waals surface area contributed by atoms with Crippen LogP contribution in [0.4, 0.5) is 0 Å². The molecule has 7 heteroatoms. The molecule has 0 spiro atoms. The second kappa shape index (κ2) is 6.46. The quantitative estimate of drug-likeness (QED) is 0.867. The van der Waals surface area contributed by atoms with Gasteiger partial charge >= 0.3 is 0 Å². The first-order valence-corrected chi connectivity index (χ1v) is 9.03. The van der Waals surface area contributed by atoms with Crippen LogP contribution in [0.2, 0.25) is 0 Å². The molecule has 1 aromatic rings. The number of aromatic amines is 1. The van der Waals surface area contributed by atoms with Gasteiger partial charge in [-0.15, -0.1) is 0 Å². The zero-order valence-corrected chi connectivity index (χ0v) is 14.1. The van der Waals surface area contributed by atoms with Crippen molar-refractivity contribution in [3.63, 3.8) is 0 Å². The Morgan fingerprint density at radius 3 is 2.81 bits per heavy atom. The molecule has 2 N–H and O–H groups in total. The fourth-order valence-corrected chi connectivity index (χ4v) is 4.59. The van der Waals surface area contributed by atoms with E-state index in [1.165, 1.54) is 0 Å². The average Bonchev–Trinajstić information content (AvgIpc) is 2.84. The van der Waals surface area contributed by atoms with Crippen molar-refractivity contribution in [1.29, 1.82) is 0 Å². The van der Waals surface area contributed by atoms with Crippen LogP contribution in [0.5, 0.6) is 0 Å². The molecule has 21 heavy (non-hydrogen) atoms. The fraction of sp³-hybridized carbons (Fsp3) is 0.786. The molecule has 0 aliphatic carbocycles. The number of nitrogens with one attached hydrogen (secondary N) is 2. The highest BCUT2D eigenvalue weighted by molar-refractivity contribution is 7.89. The van der Waals surface area contributed by atoms with E-state index in [1.54, 1.807) is 10.5 Å². The second-order valence-corrected chi connectivity index (χ2v) is 8.18. The third kappa shape index (κ3) is 3.64. The Balaban J connectivity index is 2.22. The molecular weight excluding hydrogens is 288 g/mol. The van der Waals surface area contributed by atoms with Crippen molar-refractivity contribution in [3.8, 4) is 0 Å². The van der Waals surface area contributed by atoms with Crippen molar-refractivity contribution in [2.24, 2.45) is 5.92 Å². The van der Waals surface area contributed by atoms with E-state index < -0.39 is 10.0 Å². The van der Waals surface area contributed by atoms with E-state index >= 15 is 0 Å². The molecule has 0 radical (unpaired) electrons. The molecule has 1 aliphatic heterocycles. The van der Waals surface area contributed by atoms with Crippen LogP contribution in [-0.2, 0) is 16.6 Å².